The van der Waals surface area contributed by atoms with Crippen molar-refractivity contribution in [2.75, 3.05) is 0 Å². The summed E-state index contributed by atoms with van der Waals surface area (Å²) >= 11 is 1.44. The van der Waals surface area contributed by atoms with Gasteiger partial charge in [0.15, 0.2) is 0 Å². The van der Waals surface area contributed by atoms with Crippen LogP contribution in [0.2, 0.25) is 0 Å². The van der Waals surface area contributed by atoms with Crippen LogP contribution in [0.25, 0.3) is 21.3 Å². The molecule has 0 radical (unpaired) electrons. The molecular formula is C21H17FN2OS. The third-order valence-corrected chi connectivity index (χ3v) is 5.35. The Labute approximate surface area is 154 Å². The zero-order chi connectivity index (χ0) is 18.3. The van der Waals surface area contributed by atoms with Gasteiger partial charge in [0.1, 0.15) is 16.5 Å². The van der Waals surface area contributed by atoms with E-state index in [1.165, 1.54) is 23.0 Å². The third-order valence-electron chi connectivity index (χ3n) is 4.48. The summed E-state index contributed by atoms with van der Waals surface area (Å²) in [5.41, 5.74) is 4.58. The number of benzene rings is 2. The maximum atomic E-state index is 13.9. The first kappa shape index (κ1) is 16.7. The zero-order valence-corrected chi connectivity index (χ0v) is 15.3. The smallest absolute Gasteiger partial charge is 0.260 e. The van der Waals surface area contributed by atoms with Crippen LogP contribution in [0.1, 0.15) is 22.5 Å². The topological polar surface area (TPSA) is 45.8 Å². The average Bonchev–Trinajstić information content (AvgIpc) is 3.01. The van der Waals surface area contributed by atoms with Crippen LogP contribution in [-0.2, 0) is 6.42 Å². The Bertz CT molecular complexity index is 1180. The summed E-state index contributed by atoms with van der Waals surface area (Å²) in [5.74, 6) is 0.180. The number of hydrogen-bond donors (Lipinski definition) is 1. The second-order valence-corrected chi connectivity index (χ2v) is 7.29. The fourth-order valence-corrected chi connectivity index (χ4v) is 4.17. The molecule has 4 rings (SSSR count). The zero-order valence-electron chi connectivity index (χ0n) is 14.5. The summed E-state index contributed by atoms with van der Waals surface area (Å²) in [5, 5.41) is 2.57. The van der Waals surface area contributed by atoms with Gasteiger partial charge in [-0.05, 0) is 36.6 Å². The number of thiophene rings is 1. The van der Waals surface area contributed by atoms with Crippen LogP contribution in [0.15, 0.2) is 52.6 Å². The van der Waals surface area contributed by atoms with E-state index >= 15 is 0 Å². The van der Waals surface area contributed by atoms with Crippen molar-refractivity contribution < 1.29 is 4.39 Å². The van der Waals surface area contributed by atoms with Gasteiger partial charge in [-0.15, -0.1) is 11.3 Å². The van der Waals surface area contributed by atoms with Crippen LogP contribution in [0.3, 0.4) is 0 Å². The highest BCUT2D eigenvalue weighted by Gasteiger charge is 2.15. The highest BCUT2D eigenvalue weighted by Crippen LogP contribution is 2.33. The first-order valence-corrected chi connectivity index (χ1v) is 9.22. The lowest BCUT2D eigenvalue weighted by atomic mass is 9.99. The van der Waals surface area contributed by atoms with E-state index < -0.39 is 0 Å². The molecule has 0 saturated carbocycles. The van der Waals surface area contributed by atoms with Gasteiger partial charge >= 0.3 is 0 Å². The van der Waals surface area contributed by atoms with E-state index in [0.29, 0.717) is 21.6 Å². The number of aryl methyl sites for hydroxylation is 2. The molecule has 0 bridgehead atoms. The Morgan fingerprint density at radius 1 is 1.12 bits per heavy atom. The van der Waals surface area contributed by atoms with Gasteiger partial charge in [0.2, 0.25) is 0 Å². The Kier molecular flexibility index (Phi) is 4.17. The summed E-state index contributed by atoms with van der Waals surface area (Å²) in [6.07, 6.45) is 0.259. The van der Waals surface area contributed by atoms with E-state index in [9.17, 15) is 9.18 Å². The molecule has 0 aliphatic heterocycles. The second kappa shape index (κ2) is 6.50. The molecule has 0 aliphatic carbocycles. The SMILES string of the molecule is Cc1ccc(-c2csc3nc(Cc4ccccc4F)[nH]c(=O)c23)c(C)c1. The lowest BCUT2D eigenvalue weighted by Gasteiger charge is -2.06. The number of aromatic amines is 1. The molecule has 1 N–H and O–H groups in total. The van der Waals surface area contributed by atoms with E-state index in [1.54, 1.807) is 18.2 Å². The first-order valence-electron chi connectivity index (χ1n) is 8.34. The van der Waals surface area contributed by atoms with Gasteiger partial charge in [-0.2, -0.15) is 0 Å². The number of H-pyrrole nitrogens is 1. The van der Waals surface area contributed by atoms with E-state index in [2.05, 4.69) is 16.0 Å². The minimum atomic E-state index is -0.294. The predicted molar refractivity (Wildman–Crippen MR) is 104 cm³/mol. The number of halogens is 1. The van der Waals surface area contributed by atoms with Crippen molar-refractivity contribution in [2.45, 2.75) is 20.3 Å². The molecule has 2 aromatic heterocycles. The van der Waals surface area contributed by atoms with Crippen LogP contribution in [-0.4, -0.2) is 9.97 Å². The monoisotopic (exact) mass is 364 g/mol. The highest BCUT2D eigenvalue weighted by molar-refractivity contribution is 7.17. The Morgan fingerprint density at radius 3 is 2.69 bits per heavy atom. The maximum Gasteiger partial charge on any atom is 0.260 e. The van der Waals surface area contributed by atoms with Crippen LogP contribution >= 0.6 is 11.3 Å². The number of rotatable bonds is 3. The summed E-state index contributed by atoms with van der Waals surface area (Å²) in [7, 11) is 0. The number of nitrogens with zero attached hydrogens (tertiary/aromatic N) is 1. The molecular weight excluding hydrogens is 347 g/mol. The van der Waals surface area contributed by atoms with Crippen LogP contribution < -0.4 is 5.56 Å². The molecule has 0 atom stereocenters. The summed E-state index contributed by atoms with van der Waals surface area (Å²) in [6.45, 7) is 4.09. The highest BCUT2D eigenvalue weighted by atomic mass is 32.1. The summed E-state index contributed by atoms with van der Waals surface area (Å²) in [4.78, 5) is 20.8. The molecule has 0 fully saturated rings. The van der Waals surface area contributed by atoms with E-state index in [4.69, 9.17) is 0 Å². The van der Waals surface area contributed by atoms with Crippen molar-refractivity contribution in [3.8, 4) is 11.1 Å². The molecule has 4 aromatic rings. The van der Waals surface area contributed by atoms with Gasteiger partial charge in [-0.25, -0.2) is 9.37 Å². The van der Waals surface area contributed by atoms with Crippen LogP contribution in [0.5, 0.6) is 0 Å². The standard InChI is InChI=1S/C21H17FN2OS/c1-12-7-8-15(13(2)9-12)16-11-26-21-19(16)20(25)23-18(24-21)10-14-5-3-4-6-17(14)22/h3-9,11H,10H2,1-2H3,(H,23,24,25). The van der Waals surface area contributed by atoms with Gasteiger partial charge in [0.25, 0.3) is 5.56 Å². The third kappa shape index (κ3) is 2.95. The van der Waals surface area contributed by atoms with Crippen molar-refractivity contribution in [1.82, 2.24) is 9.97 Å². The van der Waals surface area contributed by atoms with Crippen LogP contribution in [0, 0.1) is 19.7 Å². The van der Waals surface area contributed by atoms with Gasteiger partial charge in [0.05, 0.1) is 5.39 Å². The molecule has 2 aromatic carbocycles. The van der Waals surface area contributed by atoms with Gasteiger partial charge in [0, 0.05) is 17.4 Å². The molecule has 0 aliphatic rings. The Morgan fingerprint density at radius 2 is 1.92 bits per heavy atom. The molecule has 0 unspecified atom stereocenters. The fraction of sp³-hybridized carbons (Fsp3) is 0.143. The molecule has 0 spiro atoms. The van der Waals surface area contributed by atoms with Crippen molar-refractivity contribution in [1.29, 1.82) is 0 Å². The van der Waals surface area contributed by atoms with E-state index in [1.807, 2.05) is 31.4 Å². The van der Waals surface area contributed by atoms with E-state index in [-0.39, 0.29) is 17.8 Å². The van der Waals surface area contributed by atoms with Crippen molar-refractivity contribution in [2.24, 2.45) is 0 Å². The molecule has 2 heterocycles. The molecule has 0 saturated heterocycles. The number of fused-ring (bicyclic) bond motifs is 1. The molecule has 26 heavy (non-hydrogen) atoms. The summed E-state index contributed by atoms with van der Waals surface area (Å²) < 4.78 is 13.9. The minimum absolute atomic E-state index is 0.183. The number of nitrogens with one attached hydrogen (secondary N) is 1. The molecule has 130 valence electrons. The number of aromatic nitrogens is 2. The van der Waals surface area contributed by atoms with Crippen molar-refractivity contribution in [3.63, 3.8) is 0 Å². The molecule has 5 heteroatoms. The van der Waals surface area contributed by atoms with Crippen molar-refractivity contribution in [3.05, 3.63) is 86.5 Å². The van der Waals surface area contributed by atoms with Crippen LogP contribution in [0.4, 0.5) is 4.39 Å². The Hall–Kier alpha value is -2.79. The van der Waals surface area contributed by atoms with Gasteiger partial charge < -0.3 is 4.98 Å². The average molecular weight is 364 g/mol. The molecule has 3 nitrogen and oxygen atoms in total. The fourth-order valence-electron chi connectivity index (χ4n) is 3.21. The maximum absolute atomic E-state index is 13.9. The number of hydrogen-bond acceptors (Lipinski definition) is 3. The van der Waals surface area contributed by atoms with Crippen molar-refractivity contribution >= 4 is 21.6 Å². The van der Waals surface area contributed by atoms with Gasteiger partial charge in [-0.3, -0.25) is 4.79 Å². The molecule has 0 amide bonds. The summed E-state index contributed by atoms with van der Waals surface area (Å²) in [6, 6.07) is 12.7. The lowest BCUT2D eigenvalue weighted by molar-refractivity contribution is 0.612. The largest absolute Gasteiger partial charge is 0.310 e. The predicted octanol–water partition coefficient (Wildman–Crippen LogP) is 5.00. The first-order chi connectivity index (χ1) is 12.5. The Balaban J connectivity index is 1.81. The second-order valence-electron chi connectivity index (χ2n) is 6.43. The quantitative estimate of drug-likeness (QED) is 0.556. The van der Waals surface area contributed by atoms with E-state index in [0.717, 1.165) is 16.7 Å². The lowest BCUT2D eigenvalue weighted by Crippen LogP contribution is -2.12. The minimum Gasteiger partial charge on any atom is -0.310 e. The van der Waals surface area contributed by atoms with Gasteiger partial charge in [-0.1, -0.05) is 42.0 Å². The normalized spacial score (nSPS) is 11.2.